The van der Waals surface area contributed by atoms with Crippen LogP contribution in [0.25, 0.3) is 0 Å². The smallest absolute Gasteiger partial charge is 0.410 e. The number of hydrogen-bond acceptors (Lipinski definition) is 7. The first-order valence-corrected chi connectivity index (χ1v) is 13.8. The molecule has 3 aromatic carbocycles. The van der Waals surface area contributed by atoms with Crippen molar-refractivity contribution in [3.63, 3.8) is 0 Å². The minimum Gasteiger partial charge on any atom is -0.497 e. The molecule has 5 rings (SSSR count). The number of benzene rings is 3. The fraction of sp³-hybridized carbons (Fsp3) is 0.406. The van der Waals surface area contributed by atoms with Crippen LogP contribution in [0.2, 0.25) is 0 Å². The van der Waals surface area contributed by atoms with E-state index in [1.54, 1.807) is 43.4 Å². The molecule has 1 amide bonds. The van der Waals surface area contributed by atoms with Crippen LogP contribution in [0, 0.1) is 0 Å². The van der Waals surface area contributed by atoms with Crippen molar-refractivity contribution in [3.8, 4) is 11.5 Å². The minimum atomic E-state index is -1.57. The molecule has 2 fully saturated rings. The van der Waals surface area contributed by atoms with Gasteiger partial charge < -0.3 is 28.8 Å². The zero-order valence-electron chi connectivity index (χ0n) is 23.0. The summed E-state index contributed by atoms with van der Waals surface area (Å²) in [5.41, 5.74) is 0.559. The van der Waals surface area contributed by atoms with Crippen LogP contribution in [0.5, 0.6) is 11.5 Å². The molecule has 0 bridgehead atoms. The molecule has 0 aliphatic carbocycles. The Balaban J connectivity index is 1.49. The van der Waals surface area contributed by atoms with Gasteiger partial charge in [-0.1, -0.05) is 54.6 Å². The highest BCUT2D eigenvalue weighted by molar-refractivity contribution is 5.69. The number of methoxy groups -OCH3 is 2. The number of likely N-dealkylation sites (tertiary alicyclic amines) is 1. The van der Waals surface area contributed by atoms with Gasteiger partial charge in [-0.3, -0.25) is 4.90 Å². The molecule has 1 unspecified atom stereocenters. The summed E-state index contributed by atoms with van der Waals surface area (Å²) in [5.74, 6) is 1.34. The highest BCUT2D eigenvalue weighted by Crippen LogP contribution is 2.42. The molecular weight excluding hydrogens is 510 g/mol. The molecule has 8 nitrogen and oxygen atoms in total. The van der Waals surface area contributed by atoms with E-state index in [9.17, 15) is 9.90 Å². The van der Waals surface area contributed by atoms with E-state index in [1.807, 2.05) is 54.6 Å². The van der Waals surface area contributed by atoms with Gasteiger partial charge in [0.05, 0.1) is 32.9 Å². The van der Waals surface area contributed by atoms with E-state index in [4.69, 9.17) is 23.7 Å². The van der Waals surface area contributed by atoms with Crippen LogP contribution in [-0.4, -0.2) is 61.9 Å². The maximum Gasteiger partial charge on any atom is 0.410 e. The second-order valence-electron chi connectivity index (χ2n) is 10.2. The van der Waals surface area contributed by atoms with E-state index in [-0.39, 0.29) is 25.5 Å². The van der Waals surface area contributed by atoms with Gasteiger partial charge in [-0.05, 0) is 66.6 Å². The van der Waals surface area contributed by atoms with Gasteiger partial charge in [0.25, 0.3) is 0 Å². The molecule has 0 saturated carbocycles. The zero-order valence-corrected chi connectivity index (χ0v) is 23.0. The van der Waals surface area contributed by atoms with Gasteiger partial charge in [0, 0.05) is 6.61 Å². The lowest BCUT2D eigenvalue weighted by molar-refractivity contribution is -0.185. The van der Waals surface area contributed by atoms with Gasteiger partial charge in [0.2, 0.25) is 0 Å². The van der Waals surface area contributed by atoms with Gasteiger partial charge in [-0.25, -0.2) is 4.79 Å². The van der Waals surface area contributed by atoms with Crippen molar-refractivity contribution in [2.75, 3.05) is 27.4 Å². The lowest BCUT2D eigenvalue weighted by Gasteiger charge is -2.39. The van der Waals surface area contributed by atoms with Crippen molar-refractivity contribution >= 4 is 6.09 Å². The number of nitrogens with zero attached hydrogens (tertiary/aromatic N) is 1. The molecule has 0 spiro atoms. The molecule has 2 heterocycles. The molecule has 8 heteroatoms. The Bertz CT molecular complexity index is 1180. The predicted octanol–water partition coefficient (Wildman–Crippen LogP) is 5.26. The van der Waals surface area contributed by atoms with Gasteiger partial charge >= 0.3 is 6.09 Å². The summed E-state index contributed by atoms with van der Waals surface area (Å²) in [6.07, 6.45) is 2.08. The molecule has 3 aromatic rings. The maximum absolute atomic E-state index is 13.6. The van der Waals surface area contributed by atoms with E-state index in [0.29, 0.717) is 35.7 Å². The SMILES string of the molecule is COc1ccc(C(O)(c2ccc(OC)cc2)[C@@H]2C[C@@H](OC3CCCCO3)CN2C(=O)OCc2ccccc2)cc1. The fourth-order valence-corrected chi connectivity index (χ4v) is 5.57. The van der Waals surface area contributed by atoms with Crippen molar-refractivity contribution in [1.29, 1.82) is 0 Å². The van der Waals surface area contributed by atoms with Crippen LogP contribution in [0.3, 0.4) is 0 Å². The number of amides is 1. The average Bonchev–Trinajstić information content (AvgIpc) is 3.45. The number of rotatable bonds is 9. The van der Waals surface area contributed by atoms with Crippen molar-refractivity contribution in [1.82, 2.24) is 4.90 Å². The van der Waals surface area contributed by atoms with E-state index in [2.05, 4.69) is 0 Å². The first-order chi connectivity index (χ1) is 19.5. The topological polar surface area (TPSA) is 86.7 Å². The first kappa shape index (κ1) is 28.0. The van der Waals surface area contributed by atoms with E-state index in [0.717, 1.165) is 24.8 Å². The molecule has 2 saturated heterocycles. The van der Waals surface area contributed by atoms with Crippen LogP contribution < -0.4 is 9.47 Å². The Morgan fingerprint density at radius 2 is 1.55 bits per heavy atom. The van der Waals surface area contributed by atoms with Crippen molar-refractivity contribution < 1.29 is 33.6 Å². The largest absolute Gasteiger partial charge is 0.497 e. The summed E-state index contributed by atoms with van der Waals surface area (Å²) in [4.78, 5) is 15.2. The number of carbonyl (C=O) groups excluding carboxylic acids is 1. The van der Waals surface area contributed by atoms with Crippen LogP contribution in [0.4, 0.5) is 4.79 Å². The lowest BCUT2D eigenvalue weighted by atomic mass is 9.78. The Morgan fingerprint density at radius 1 is 0.925 bits per heavy atom. The normalized spacial score (nSPS) is 21.2. The van der Waals surface area contributed by atoms with Gasteiger partial charge in [0.1, 0.15) is 23.7 Å². The Morgan fingerprint density at radius 3 is 2.10 bits per heavy atom. The third-order valence-electron chi connectivity index (χ3n) is 7.73. The second-order valence-corrected chi connectivity index (χ2v) is 10.2. The zero-order chi connectivity index (χ0) is 28.0. The van der Waals surface area contributed by atoms with Crippen LogP contribution in [0.1, 0.15) is 42.4 Å². The molecule has 2 aliphatic rings. The summed E-state index contributed by atoms with van der Waals surface area (Å²) >= 11 is 0. The second kappa shape index (κ2) is 12.7. The van der Waals surface area contributed by atoms with Crippen molar-refractivity contribution in [2.45, 2.75) is 56.3 Å². The van der Waals surface area contributed by atoms with Crippen LogP contribution >= 0.6 is 0 Å². The highest BCUT2D eigenvalue weighted by atomic mass is 16.7. The molecule has 0 aromatic heterocycles. The summed E-state index contributed by atoms with van der Waals surface area (Å²) in [6, 6.07) is 23.4. The van der Waals surface area contributed by atoms with E-state index in [1.165, 1.54) is 0 Å². The maximum atomic E-state index is 13.6. The predicted molar refractivity (Wildman–Crippen MR) is 149 cm³/mol. The summed E-state index contributed by atoms with van der Waals surface area (Å²) in [7, 11) is 3.20. The van der Waals surface area contributed by atoms with E-state index >= 15 is 0 Å². The molecule has 1 N–H and O–H groups in total. The number of carbonyl (C=O) groups is 1. The third kappa shape index (κ3) is 6.09. The molecular formula is C32H37NO7. The lowest BCUT2D eigenvalue weighted by Crippen LogP contribution is -2.50. The molecule has 3 atom stereocenters. The first-order valence-electron chi connectivity index (χ1n) is 13.8. The fourth-order valence-electron chi connectivity index (χ4n) is 5.57. The summed E-state index contributed by atoms with van der Waals surface area (Å²) in [5, 5.41) is 12.7. The van der Waals surface area contributed by atoms with E-state index < -0.39 is 17.7 Å². The Kier molecular flexibility index (Phi) is 8.89. The molecule has 0 radical (unpaired) electrons. The standard InChI is InChI=1S/C32H37NO7/c1-36-26-15-11-24(12-16-26)32(35,25-13-17-27(37-2)18-14-25)29-20-28(40-30-10-6-7-19-38-30)21-33(29)31(34)39-22-23-8-4-3-5-9-23/h3-5,8-9,11-18,28-30,35H,6-7,10,19-22H2,1-2H3/t28-,29+,30?/m1/s1. The van der Waals surface area contributed by atoms with Gasteiger partial charge in [-0.15, -0.1) is 0 Å². The van der Waals surface area contributed by atoms with Crippen LogP contribution in [-0.2, 0) is 26.4 Å². The highest BCUT2D eigenvalue weighted by Gasteiger charge is 2.51. The Labute approximate surface area is 235 Å². The van der Waals surface area contributed by atoms with Crippen LogP contribution in [0.15, 0.2) is 78.9 Å². The summed E-state index contributed by atoms with van der Waals surface area (Å²) in [6.45, 7) is 1.06. The number of ether oxygens (including phenoxy) is 5. The number of aliphatic hydroxyl groups is 1. The van der Waals surface area contributed by atoms with Crippen molar-refractivity contribution in [2.24, 2.45) is 0 Å². The van der Waals surface area contributed by atoms with Gasteiger partial charge in [-0.2, -0.15) is 0 Å². The molecule has 2 aliphatic heterocycles. The summed E-state index contributed by atoms with van der Waals surface area (Å²) < 4.78 is 28.7. The molecule has 40 heavy (non-hydrogen) atoms. The van der Waals surface area contributed by atoms with Gasteiger partial charge in [0.15, 0.2) is 6.29 Å². The quantitative estimate of drug-likeness (QED) is 0.391. The third-order valence-corrected chi connectivity index (χ3v) is 7.73. The van der Waals surface area contributed by atoms with Crippen molar-refractivity contribution in [3.05, 3.63) is 95.6 Å². The Hall–Kier alpha value is -3.59. The number of hydrogen-bond donors (Lipinski definition) is 1. The molecule has 212 valence electrons. The average molecular weight is 548 g/mol. The minimum absolute atomic E-state index is 0.129. The monoisotopic (exact) mass is 547 g/mol.